The number of nitrogens with zero attached hydrogens (tertiary/aromatic N) is 1. The highest BCUT2D eigenvalue weighted by atomic mass is 35.5. The zero-order chi connectivity index (χ0) is 12.3. The number of carbonyl (C=O) groups is 1. The molecule has 0 saturated heterocycles. The third kappa shape index (κ3) is 2.93. The molecule has 0 bridgehead atoms. The number of hydrogen-bond donors (Lipinski definition) is 1. The Morgan fingerprint density at radius 1 is 1.41 bits per heavy atom. The number of aliphatic carboxylic acids is 1. The van der Waals surface area contributed by atoms with E-state index in [1.165, 1.54) is 11.3 Å². The molecule has 0 aliphatic rings. The van der Waals surface area contributed by atoms with Crippen molar-refractivity contribution in [1.82, 2.24) is 4.98 Å². The molecule has 0 aliphatic carbocycles. The van der Waals surface area contributed by atoms with Gasteiger partial charge in [-0.25, -0.2) is 4.79 Å². The lowest BCUT2D eigenvalue weighted by atomic mass is 10.1. The van der Waals surface area contributed by atoms with Crippen molar-refractivity contribution in [1.29, 1.82) is 0 Å². The molecule has 5 heteroatoms. The van der Waals surface area contributed by atoms with Crippen LogP contribution in [0.5, 0.6) is 0 Å². The first-order valence-corrected chi connectivity index (χ1v) is 5.97. The third-order valence-corrected chi connectivity index (χ3v) is 3.33. The second-order valence-corrected chi connectivity index (χ2v) is 4.97. The molecule has 0 amide bonds. The average Bonchev–Trinajstić information content (AvgIpc) is 2.73. The van der Waals surface area contributed by atoms with Gasteiger partial charge in [0.1, 0.15) is 0 Å². The summed E-state index contributed by atoms with van der Waals surface area (Å²) in [5, 5.41) is 9.17. The normalized spacial score (nSPS) is 11.5. The van der Waals surface area contributed by atoms with Gasteiger partial charge in [-0.1, -0.05) is 17.7 Å². The van der Waals surface area contributed by atoms with Gasteiger partial charge in [0.2, 0.25) is 0 Å². The zero-order valence-electron chi connectivity index (χ0n) is 8.63. The molecule has 1 N–H and O–H groups in total. The summed E-state index contributed by atoms with van der Waals surface area (Å²) in [4.78, 5) is 15.8. The molecule has 0 unspecified atom stereocenters. The van der Waals surface area contributed by atoms with Crippen molar-refractivity contribution in [2.75, 3.05) is 0 Å². The smallest absolute Gasteiger partial charge is 0.337 e. The van der Waals surface area contributed by atoms with E-state index in [0.29, 0.717) is 9.21 Å². The minimum Gasteiger partial charge on any atom is -0.478 e. The number of carboxylic acids is 1. The van der Waals surface area contributed by atoms with Crippen LogP contribution in [0.2, 0.25) is 4.34 Å². The first kappa shape index (κ1) is 11.8. The Bertz CT molecular complexity index is 563. The summed E-state index contributed by atoms with van der Waals surface area (Å²) in [7, 11) is 0. The highest BCUT2D eigenvalue weighted by Crippen LogP contribution is 2.29. The Balaban J connectivity index is 2.43. The molecule has 17 heavy (non-hydrogen) atoms. The lowest BCUT2D eigenvalue weighted by Crippen LogP contribution is -1.97. The molecule has 0 radical (unpaired) electrons. The molecular weight excluding hydrogens is 258 g/mol. The topological polar surface area (TPSA) is 50.2 Å². The van der Waals surface area contributed by atoms with Gasteiger partial charge in [0.25, 0.3) is 0 Å². The Morgan fingerprint density at radius 2 is 2.24 bits per heavy atom. The van der Waals surface area contributed by atoms with Crippen molar-refractivity contribution in [3.05, 3.63) is 51.4 Å². The van der Waals surface area contributed by atoms with Crippen molar-refractivity contribution < 1.29 is 9.90 Å². The van der Waals surface area contributed by atoms with E-state index >= 15 is 0 Å². The van der Waals surface area contributed by atoms with Crippen molar-refractivity contribution in [2.45, 2.75) is 0 Å². The van der Waals surface area contributed by atoms with Gasteiger partial charge in [0, 0.05) is 17.3 Å². The second-order valence-electron chi connectivity index (χ2n) is 3.25. The molecular formula is C12H8ClNO2S. The monoisotopic (exact) mass is 265 g/mol. The summed E-state index contributed by atoms with van der Waals surface area (Å²) in [6.07, 6.45) is 4.83. The van der Waals surface area contributed by atoms with Gasteiger partial charge in [0.15, 0.2) is 0 Å². The van der Waals surface area contributed by atoms with Crippen LogP contribution in [0.15, 0.2) is 36.7 Å². The quantitative estimate of drug-likeness (QED) is 0.865. The summed E-state index contributed by atoms with van der Waals surface area (Å²) >= 11 is 7.04. The Morgan fingerprint density at radius 3 is 2.76 bits per heavy atom. The maximum absolute atomic E-state index is 11.2. The largest absolute Gasteiger partial charge is 0.478 e. The summed E-state index contributed by atoms with van der Waals surface area (Å²) in [6.45, 7) is 0. The number of hydrogen-bond acceptors (Lipinski definition) is 3. The fourth-order valence-corrected chi connectivity index (χ4v) is 2.38. The maximum atomic E-state index is 11.2. The van der Waals surface area contributed by atoms with Crippen LogP contribution in [0.1, 0.15) is 10.4 Å². The molecule has 2 aromatic rings. The van der Waals surface area contributed by atoms with Crippen molar-refractivity contribution in [2.24, 2.45) is 0 Å². The first-order valence-electron chi connectivity index (χ1n) is 4.77. The van der Waals surface area contributed by atoms with Crippen LogP contribution in [0, 0.1) is 0 Å². The molecule has 0 fully saturated rings. The minimum atomic E-state index is -0.979. The van der Waals surface area contributed by atoms with E-state index in [9.17, 15) is 9.90 Å². The molecule has 2 heterocycles. The van der Waals surface area contributed by atoms with Gasteiger partial charge in [-0.15, -0.1) is 11.3 Å². The van der Waals surface area contributed by atoms with Gasteiger partial charge >= 0.3 is 5.97 Å². The highest BCUT2D eigenvalue weighted by Gasteiger charge is 2.12. The van der Waals surface area contributed by atoms with Crippen LogP contribution in [-0.2, 0) is 4.79 Å². The second kappa shape index (κ2) is 5.12. The van der Waals surface area contributed by atoms with Gasteiger partial charge < -0.3 is 5.11 Å². The maximum Gasteiger partial charge on any atom is 0.337 e. The summed E-state index contributed by atoms with van der Waals surface area (Å²) in [5.41, 5.74) is 0.962. The van der Waals surface area contributed by atoms with Gasteiger partial charge in [0.05, 0.1) is 9.91 Å². The predicted octanol–water partition coefficient (Wildman–Crippen LogP) is 3.42. The Labute approximate surface area is 107 Å². The SMILES string of the molecule is O=C(O)/C(=C\c1cccnc1)c1ccc(Cl)s1. The van der Waals surface area contributed by atoms with E-state index in [2.05, 4.69) is 4.98 Å². The van der Waals surface area contributed by atoms with Crippen LogP contribution in [0.3, 0.4) is 0 Å². The van der Waals surface area contributed by atoms with E-state index in [1.54, 1.807) is 42.7 Å². The van der Waals surface area contributed by atoms with E-state index in [4.69, 9.17) is 11.6 Å². The zero-order valence-corrected chi connectivity index (χ0v) is 10.2. The summed E-state index contributed by atoms with van der Waals surface area (Å²) in [5.74, 6) is -0.979. The van der Waals surface area contributed by atoms with Crippen LogP contribution in [0.4, 0.5) is 0 Å². The Hall–Kier alpha value is -1.65. The lowest BCUT2D eigenvalue weighted by Gasteiger charge is -1.99. The van der Waals surface area contributed by atoms with Crippen molar-refractivity contribution in [3.63, 3.8) is 0 Å². The van der Waals surface area contributed by atoms with Gasteiger partial charge in [-0.2, -0.15) is 0 Å². The van der Waals surface area contributed by atoms with Gasteiger partial charge in [-0.05, 0) is 29.8 Å². The number of halogens is 1. The summed E-state index contributed by atoms with van der Waals surface area (Å²) in [6, 6.07) is 6.93. The third-order valence-electron chi connectivity index (χ3n) is 2.06. The molecule has 0 aliphatic heterocycles. The van der Waals surface area contributed by atoms with E-state index in [0.717, 1.165) is 5.56 Å². The van der Waals surface area contributed by atoms with Crippen LogP contribution in [0.25, 0.3) is 11.6 Å². The van der Waals surface area contributed by atoms with Crippen LogP contribution >= 0.6 is 22.9 Å². The predicted molar refractivity (Wildman–Crippen MR) is 69.1 cm³/mol. The molecule has 86 valence electrons. The summed E-state index contributed by atoms with van der Waals surface area (Å²) < 4.78 is 0.568. The fraction of sp³-hybridized carbons (Fsp3) is 0. The number of pyridine rings is 1. The molecule has 2 rings (SSSR count). The van der Waals surface area contributed by atoms with E-state index < -0.39 is 5.97 Å². The first-order chi connectivity index (χ1) is 8.16. The Kier molecular flexibility index (Phi) is 3.56. The number of thiophene rings is 1. The molecule has 0 saturated carbocycles. The molecule has 2 aromatic heterocycles. The fourth-order valence-electron chi connectivity index (χ4n) is 1.33. The lowest BCUT2D eigenvalue weighted by molar-refractivity contribution is -0.130. The van der Waals surface area contributed by atoms with Crippen molar-refractivity contribution in [3.8, 4) is 0 Å². The molecule has 3 nitrogen and oxygen atoms in total. The van der Waals surface area contributed by atoms with E-state index in [-0.39, 0.29) is 5.57 Å². The van der Waals surface area contributed by atoms with Crippen LogP contribution < -0.4 is 0 Å². The van der Waals surface area contributed by atoms with E-state index in [1.807, 2.05) is 0 Å². The highest BCUT2D eigenvalue weighted by molar-refractivity contribution is 7.17. The molecule has 0 spiro atoms. The number of aromatic nitrogens is 1. The number of carboxylic acid groups (broad SMARTS) is 1. The van der Waals surface area contributed by atoms with Crippen molar-refractivity contribution >= 4 is 40.6 Å². The average molecular weight is 266 g/mol. The number of rotatable bonds is 3. The molecule has 0 atom stereocenters. The molecule has 0 aromatic carbocycles. The minimum absolute atomic E-state index is 0.218. The van der Waals surface area contributed by atoms with Gasteiger partial charge in [-0.3, -0.25) is 4.98 Å². The van der Waals surface area contributed by atoms with Crippen LogP contribution in [-0.4, -0.2) is 16.1 Å². The standard InChI is InChI=1S/C12H8ClNO2S/c13-11-4-3-10(17-11)9(12(15)16)6-8-2-1-5-14-7-8/h1-7H,(H,15,16)/b9-6-.